The van der Waals surface area contributed by atoms with E-state index in [4.69, 9.17) is 0 Å². The lowest BCUT2D eigenvalue weighted by Gasteiger charge is -2.01. The highest BCUT2D eigenvalue weighted by Crippen LogP contribution is 2.14. The van der Waals surface area contributed by atoms with E-state index in [9.17, 15) is 4.79 Å². The van der Waals surface area contributed by atoms with E-state index in [0.29, 0.717) is 5.56 Å². The summed E-state index contributed by atoms with van der Waals surface area (Å²) in [6, 6.07) is 21.6. The molecule has 3 rings (SSSR count). The molecule has 0 bridgehead atoms. The van der Waals surface area contributed by atoms with Gasteiger partial charge in [-0.3, -0.25) is 4.79 Å². The first-order valence-corrected chi connectivity index (χ1v) is 7.88. The summed E-state index contributed by atoms with van der Waals surface area (Å²) in [6.07, 6.45) is 1.65. The number of nitrogens with one attached hydrogen (secondary N) is 1. The van der Waals surface area contributed by atoms with Gasteiger partial charge in [0.25, 0.3) is 5.91 Å². The van der Waals surface area contributed by atoms with E-state index in [2.05, 4.69) is 45.3 Å². The predicted molar refractivity (Wildman–Crippen MR) is 98.2 cm³/mol. The number of amides is 1. The topological polar surface area (TPSA) is 41.5 Å². The SMILES string of the molecule is O=C(NN=Cc1ccc2ccccc2c1)c1cccc(I)c1. The summed E-state index contributed by atoms with van der Waals surface area (Å²) in [5, 5.41) is 6.36. The van der Waals surface area contributed by atoms with Gasteiger partial charge in [0.05, 0.1) is 6.21 Å². The zero-order valence-corrected chi connectivity index (χ0v) is 13.8. The lowest BCUT2D eigenvalue weighted by molar-refractivity contribution is 0.0955. The van der Waals surface area contributed by atoms with Crippen LogP contribution in [0.3, 0.4) is 0 Å². The molecular formula is C18H13IN2O. The summed E-state index contributed by atoms with van der Waals surface area (Å²) in [7, 11) is 0. The number of carbonyl (C=O) groups excluding carboxylic acids is 1. The fraction of sp³-hybridized carbons (Fsp3) is 0. The van der Waals surface area contributed by atoms with E-state index in [-0.39, 0.29) is 5.91 Å². The number of rotatable bonds is 3. The van der Waals surface area contributed by atoms with E-state index in [1.54, 1.807) is 12.3 Å². The molecule has 0 fully saturated rings. The molecule has 4 heteroatoms. The third-order valence-corrected chi connectivity index (χ3v) is 3.91. The van der Waals surface area contributed by atoms with Gasteiger partial charge in [-0.2, -0.15) is 5.10 Å². The molecular weight excluding hydrogens is 387 g/mol. The molecule has 0 saturated heterocycles. The van der Waals surface area contributed by atoms with Crippen LogP contribution in [0.4, 0.5) is 0 Å². The third-order valence-electron chi connectivity index (χ3n) is 3.24. The Hall–Kier alpha value is -2.21. The molecule has 0 heterocycles. The zero-order chi connectivity index (χ0) is 15.4. The van der Waals surface area contributed by atoms with Crippen molar-refractivity contribution in [2.75, 3.05) is 0 Å². The van der Waals surface area contributed by atoms with E-state index in [1.165, 1.54) is 5.39 Å². The van der Waals surface area contributed by atoms with E-state index in [0.717, 1.165) is 14.5 Å². The maximum absolute atomic E-state index is 12.0. The maximum Gasteiger partial charge on any atom is 0.271 e. The number of halogens is 1. The summed E-state index contributed by atoms with van der Waals surface area (Å²) >= 11 is 2.18. The Balaban J connectivity index is 1.72. The molecule has 0 atom stereocenters. The van der Waals surface area contributed by atoms with Crippen LogP contribution in [0.1, 0.15) is 15.9 Å². The number of hydrogen-bond donors (Lipinski definition) is 1. The first-order valence-electron chi connectivity index (χ1n) is 6.80. The number of benzene rings is 3. The van der Waals surface area contributed by atoms with Gasteiger partial charge in [-0.1, -0.05) is 42.5 Å². The number of fused-ring (bicyclic) bond motifs is 1. The van der Waals surface area contributed by atoms with Gasteiger partial charge in [0, 0.05) is 9.13 Å². The number of hydrazone groups is 1. The minimum Gasteiger partial charge on any atom is -0.267 e. The Morgan fingerprint density at radius 1 is 0.955 bits per heavy atom. The molecule has 3 aromatic carbocycles. The second-order valence-corrected chi connectivity index (χ2v) is 6.06. The summed E-state index contributed by atoms with van der Waals surface area (Å²) in [5.41, 5.74) is 4.10. The molecule has 0 unspecified atom stereocenters. The molecule has 108 valence electrons. The van der Waals surface area contributed by atoms with Crippen LogP contribution in [-0.4, -0.2) is 12.1 Å². The quantitative estimate of drug-likeness (QED) is 0.400. The molecule has 1 N–H and O–H groups in total. The minimum atomic E-state index is -0.212. The first kappa shape index (κ1) is 14.7. The molecule has 3 aromatic rings. The molecule has 0 aliphatic carbocycles. The molecule has 22 heavy (non-hydrogen) atoms. The van der Waals surface area contributed by atoms with Gasteiger partial charge in [0.1, 0.15) is 0 Å². The molecule has 0 aliphatic heterocycles. The van der Waals surface area contributed by atoms with Crippen LogP contribution in [0.25, 0.3) is 10.8 Å². The normalized spacial score (nSPS) is 11.0. The van der Waals surface area contributed by atoms with E-state index < -0.39 is 0 Å². The van der Waals surface area contributed by atoms with Gasteiger partial charge in [-0.15, -0.1) is 0 Å². The summed E-state index contributed by atoms with van der Waals surface area (Å²) < 4.78 is 1.02. The standard InChI is InChI=1S/C18H13IN2O/c19-17-7-3-6-16(11-17)18(22)21-20-12-13-8-9-14-4-1-2-5-15(14)10-13/h1-12H,(H,21,22). The molecule has 0 spiro atoms. The van der Waals surface area contributed by atoms with Crippen molar-refractivity contribution in [1.29, 1.82) is 0 Å². The van der Waals surface area contributed by atoms with Gasteiger partial charge < -0.3 is 0 Å². The molecule has 1 amide bonds. The number of hydrogen-bond acceptors (Lipinski definition) is 2. The Labute approximate surface area is 142 Å². The molecule has 0 aliphatic rings. The van der Waals surface area contributed by atoms with Gasteiger partial charge in [0.2, 0.25) is 0 Å². The summed E-state index contributed by atoms with van der Waals surface area (Å²) in [6.45, 7) is 0. The molecule has 0 aromatic heterocycles. The molecule has 3 nitrogen and oxygen atoms in total. The van der Waals surface area contributed by atoms with Gasteiger partial charge in [0.15, 0.2) is 0 Å². The first-order chi connectivity index (χ1) is 10.7. The zero-order valence-electron chi connectivity index (χ0n) is 11.7. The summed E-state index contributed by atoms with van der Waals surface area (Å²) in [5.74, 6) is -0.212. The van der Waals surface area contributed by atoms with E-state index in [1.807, 2.05) is 48.5 Å². The van der Waals surface area contributed by atoms with Crippen LogP contribution in [0.15, 0.2) is 71.8 Å². The average molecular weight is 400 g/mol. The van der Waals surface area contributed by atoms with Crippen molar-refractivity contribution >= 4 is 45.5 Å². The van der Waals surface area contributed by atoms with Crippen LogP contribution in [0.2, 0.25) is 0 Å². The van der Waals surface area contributed by atoms with Crippen LogP contribution in [0, 0.1) is 3.57 Å². The van der Waals surface area contributed by atoms with Crippen LogP contribution >= 0.6 is 22.6 Å². The second-order valence-electron chi connectivity index (χ2n) is 4.82. The highest BCUT2D eigenvalue weighted by molar-refractivity contribution is 14.1. The van der Waals surface area contributed by atoms with Gasteiger partial charge in [-0.25, -0.2) is 5.43 Å². The Kier molecular flexibility index (Phi) is 4.48. The van der Waals surface area contributed by atoms with Crippen LogP contribution in [-0.2, 0) is 0 Å². The fourth-order valence-corrected chi connectivity index (χ4v) is 2.69. The third kappa shape index (κ3) is 3.51. The highest BCUT2D eigenvalue weighted by atomic mass is 127. The maximum atomic E-state index is 12.0. The highest BCUT2D eigenvalue weighted by Gasteiger charge is 2.03. The van der Waals surface area contributed by atoms with Crippen molar-refractivity contribution in [3.05, 3.63) is 81.4 Å². The Morgan fingerprint density at radius 2 is 1.77 bits per heavy atom. The van der Waals surface area contributed by atoms with Gasteiger partial charge in [-0.05, 0) is 63.2 Å². The lowest BCUT2D eigenvalue weighted by atomic mass is 10.1. The fourth-order valence-electron chi connectivity index (χ4n) is 2.15. The van der Waals surface area contributed by atoms with Crippen molar-refractivity contribution < 1.29 is 4.79 Å². The largest absolute Gasteiger partial charge is 0.271 e. The van der Waals surface area contributed by atoms with Crippen molar-refractivity contribution in [2.24, 2.45) is 5.10 Å². The van der Waals surface area contributed by atoms with Crippen molar-refractivity contribution in [2.45, 2.75) is 0 Å². The van der Waals surface area contributed by atoms with Crippen LogP contribution < -0.4 is 5.43 Å². The second kappa shape index (κ2) is 6.70. The Bertz CT molecular complexity index is 858. The monoisotopic (exact) mass is 400 g/mol. The van der Waals surface area contributed by atoms with Gasteiger partial charge >= 0.3 is 0 Å². The number of nitrogens with zero attached hydrogens (tertiary/aromatic N) is 1. The molecule has 0 radical (unpaired) electrons. The minimum absolute atomic E-state index is 0.212. The van der Waals surface area contributed by atoms with Crippen molar-refractivity contribution in [3.63, 3.8) is 0 Å². The van der Waals surface area contributed by atoms with Crippen molar-refractivity contribution in [1.82, 2.24) is 5.43 Å². The average Bonchev–Trinajstić information content (AvgIpc) is 2.54. The van der Waals surface area contributed by atoms with Crippen LogP contribution in [0.5, 0.6) is 0 Å². The van der Waals surface area contributed by atoms with Crippen molar-refractivity contribution in [3.8, 4) is 0 Å². The Morgan fingerprint density at radius 3 is 2.59 bits per heavy atom. The van der Waals surface area contributed by atoms with E-state index >= 15 is 0 Å². The predicted octanol–water partition coefficient (Wildman–Crippen LogP) is 4.21. The smallest absolute Gasteiger partial charge is 0.267 e. The lowest BCUT2D eigenvalue weighted by Crippen LogP contribution is -2.17. The number of carbonyl (C=O) groups is 1. The summed E-state index contributed by atoms with van der Waals surface area (Å²) in [4.78, 5) is 12.0. The molecule has 0 saturated carbocycles.